The highest BCUT2D eigenvalue weighted by molar-refractivity contribution is 7.90. The normalized spacial score (nSPS) is 19.8. The summed E-state index contributed by atoms with van der Waals surface area (Å²) >= 11 is 0. The number of hydrogen-bond donors (Lipinski definition) is 1. The minimum Gasteiger partial charge on any atom is -0.453 e. The van der Waals surface area contributed by atoms with Gasteiger partial charge in [-0.15, -0.1) is 0 Å². The van der Waals surface area contributed by atoms with Crippen molar-refractivity contribution in [3.05, 3.63) is 42.1 Å². The fourth-order valence-corrected chi connectivity index (χ4v) is 5.53. The molecular weight excluding hydrogens is 484 g/mol. The van der Waals surface area contributed by atoms with Gasteiger partial charge in [0.15, 0.2) is 5.03 Å². The van der Waals surface area contributed by atoms with Crippen LogP contribution in [0.25, 0.3) is 0 Å². The lowest BCUT2D eigenvalue weighted by Crippen LogP contribution is -2.49. The Bertz CT molecular complexity index is 1240. The van der Waals surface area contributed by atoms with E-state index in [2.05, 4.69) is 40.4 Å². The van der Waals surface area contributed by atoms with Crippen molar-refractivity contribution in [1.82, 2.24) is 19.6 Å². The van der Waals surface area contributed by atoms with Gasteiger partial charge in [0, 0.05) is 44.5 Å². The standard InChI is InChI=1S/C24H32N6O5S/c1-17-10-12-30(24(17,2)3)21-18(7-6-11-25-21)22(31)27-36(33,34)20-9-5-8-19(26-20)28-13-15-29(16-14-28)23(32)35-4/h5-9,11,17H,10,12-16H2,1-4H3,(H,27,31). The van der Waals surface area contributed by atoms with Crippen LogP contribution < -0.4 is 14.5 Å². The number of piperazine rings is 1. The van der Waals surface area contributed by atoms with Crippen molar-refractivity contribution in [2.24, 2.45) is 5.92 Å². The van der Waals surface area contributed by atoms with E-state index in [1.807, 2.05) is 4.90 Å². The number of carbonyl (C=O) groups excluding carboxylic acids is 2. The molecule has 2 aliphatic rings. The van der Waals surface area contributed by atoms with E-state index in [0.29, 0.717) is 43.7 Å². The molecule has 0 aliphatic carbocycles. The Balaban J connectivity index is 1.52. The Kier molecular flexibility index (Phi) is 7.07. The Morgan fingerprint density at radius 3 is 2.44 bits per heavy atom. The third-order valence-electron chi connectivity index (χ3n) is 7.22. The van der Waals surface area contributed by atoms with E-state index in [0.717, 1.165) is 13.0 Å². The molecule has 0 radical (unpaired) electrons. The fraction of sp³-hybridized carbons (Fsp3) is 0.500. The summed E-state index contributed by atoms with van der Waals surface area (Å²) in [6.45, 7) is 8.87. The molecule has 4 rings (SSSR count). The van der Waals surface area contributed by atoms with Gasteiger partial charge in [-0.05, 0) is 50.5 Å². The van der Waals surface area contributed by atoms with Crippen LogP contribution in [0.1, 0.15) is 37.6 Å². The molecule has 4 heterocycles. The Labute approximate surface area is 211 Å². The summed E-state index contributed by atoms with van der Waals surface area (Å²) in [7, 11) is -2.91. The Morgan fingerprint density at radius 2 is 1.81 bits per heavy atom. The van der Waals surface area contributed by atoms with Crippen molar-refractivity contribution in [2.45, 2.75) is 37.8 Å². The number of amides is 2. The van der Waals surface area contributed by atoms with Gasteiger partial charge in [0.25, 0.3) is 15.9 Å². The van der Waals surface area contributed by atoms with Crippen LogP contribution in [0.3, 0.4) is 0 Å². The van der Waals surface area contributed by atoms with Crippen molar-refractivity contribution in [1.29, 1.82) is 0 Å². The van der Waals surface area contributed by atoms with Crippen molar-refractivity contribution < 1.29 is 22.7 Å². The summed E-state index contributed by atoms with van der Waals surface area (Å²) in [6, 6.07) is 7.82. The molecule has 0 bridgehead atoms. The second kappa shape index (κ2) is 9.92. The largest absolute Gasteiger partial charge is 0.453 e. The number of pyridine rings is 2. The predicted octanol–water partition coefficient (Wildman–Crippen LogP) is 2.11. The van der Waals surface area contributed by atoms with Gasteiger partial charge in [0.05, 0.1) is 12.7 Å². The maximum atomic E-state index is 13.2. The highest BCUT2D eigenvalue weighted by Gasteiger charge is 2.40. The van der Waals surface area contributed by atoms with E-state index >= 15 is 0 Å². The molecule has 1 unspecified atom stereocenters. The van der Waals surface area contributed by atoms with Crippen molar-refractivity contribution >= 4 is 33.7 Å². The predicted molar refractivity (Wildman–Crippen MR) is 135 cm³/mol. The van der Waals surface area contributed by atoms with E-state index in [-0.39, 0.29) is 16.1 Å². The number of sulfonamides is 1. The van der Waals surface area contributed by atoms with Crippen LogP contribution in [0, 0.1) is 5.92 Å². The van der Waals surface area contributed by atoms with Gasteiger partial charge in [-0.2, -0.15) is 8.42 Å². The minimum atomic E-state index is -4.24. The lowest BCUT2D eigenvalue weighted by atomic mass is 9.90. The van der Waals surface area contributed by atoms with Crippen LogP contribution >= 0.6 is 0 Å². The second-order valence-corrected chi connectivity index (χ2v) is 11.2. The molecule has 1 atom stereocenters. The summed E-state index contributed by atoms with van der Waals surface area (Å²) in [4.78, 5) is 39.1. The molecule has 2 amide bonds. The van der Waals surface area contributed by atoms with Gasteiger partial charge in [0.1, 0.15) is 11.6 Å². The van der Waals surface area contributed by atoms with Gasteiger partial charge in [-0.25, -0.2) is 19.5 Å². The molecule has 1 N–H and O–H groups in total. The number of nitrogens with zero attached hydrogens (tertiary/aromatic N) is 5. The minimum absolute atomic E-state index is 0.193. The number of methoxy groups -OCH3 is 1. The quantitative estimate of drug-likeness (QED) is 0.636. The number of anilines is 2. The molecule has 0 aromatic carbocycles. The van der Waals surface area contributed by atoms with Crippen molar-refractivity contribution in [3.63, 3.8) is 0 Å². The van der Waals surface area contributed by atoms with Gasteiger partial charge >= 0.3 is 6.09 Å². The summed E-state index contributed by atoms with van der Waals surface area (Å²) in [5.41, 5.74) is -0.0333. The first-order chi connectivity index (χ1) is 17.0. The van der Waals surface area contributed by atoms with Crippen LogP contribution in [0.4, 0.5) is 16.4 Å². The molecule has 194 valence electrons. The maximum Gasteiger partial charge on any atom is 0.409 e. The van der Waals surface area contributed by atoms with Gasteiger partial charge in [-0.3, -0.25) is 4.79 Å². The van der Waals surface area contributed by atoms with E-state index in [9.17, 15) is 18.0 Å². The molecular formula is C24H32N6O5S. The molecule has 0 saturated carbocycles. The molecule has 11 nitrogen and oxygen atoms in total. The third-order valence-corrected chi connectivity index (χ3v) is 8.45. The number of aromatic nitrogens is 2. The number of ether oxygens (including phenoxy) is 1. The van der Waals surface area contributed by atoms with Gasteiger partial charge in [-0.1, -0.05) is 13.0 Å². The van der Waals surface area contributed by atoms with E-state index in [4.69, 9.17) is 4.74 Å². The summed E-state index contributed by atoms with van der Waals surface area (Å²) < 4.78 is 33.2. The first-order valence-corrected chi connectivity index (χ1v) is 13.4. The topological polar surface area (TPSA) is 125 Å². The average molecular weight is 517 g/mol. The van der Waals surface area contributed by atoms with E-state index in [1.165, 1.54) is 13.2 Å². The van der Waals surface area contributed by atoms with Crippen LogP contribution in [-0.2, 0) is 14.8 Å². The van der Waals surface area contributed by atoms with E-state index < -0.39 is 22.0 Å². The number of nitrogens with one attached hydrogen (secondary N) is 1. The average Bonchev–Trinajstić information content (AvgIpc) is 3.15. The van der Waals surface area contributed by atoms with Crippen LogP contribution in [0.15, 0.2) is 41.6 Å². The first kappa shape index (κ1) is 25.7. The summed E-state index contributed by atoms with van der Waals surface area (Å²) in [5, 5.41) is -0.260. The van der Waals surface area contributed by atoms with E-state index in [1.54, 1.807) is 35.4 Å². The zero-order chi connectivity index (χ0) is 26.1. The zero-order valence-corrected chi connectivity index (χ0v) is 21.8. The smallest absolute Gasteiger partial charge is 0.409 e. The monoisotopic (exact) mass is 516 g/mol. The highest BCUT2D eigenvalue weighted by atomic mass is 32.2. The molecule has 2 aliphatic heterocycles. The first-order valence-electron chi connectivity index (χ1n) is 11.9. The maximum absolute atomic E-state index is 13.2. The zero-order valence-electron chi connectivity index (χ0n) is 21.0. The fourth-order valence-electron chi connectivity index (χ4n) is 4.60. The number of carbonyl (C=O) groups is 2. The highest BCUT2D eigenvalue weighted by Crippen LogP contribution is 2.38. The summed E-state index contributed by atoms with van der Waals surface area (Å²) in [5.74, 6) is 0.544. The molecule has 2 fully saturated rings. The van der Waals surface area contributed by atoms with Crippen molar-refractivity contribution in [3.8, 4) is 0 Å². The SMILES string of the molecule is COC(=O)N1CCN(c2cccc(S(=O)(=O)NC(=O)c3cccnc3N3CCC(C)C3(C)C)n2)CC1. The summed E-state index contributed by atoms with van der Waals surface area (Å²) in [6.07, 6.45) is 2.15. The lowest BCUT2D eigenvalue weighted by molar-refractivity contribution is 0.0981. The van der Waals surface area contributed by atoms with Crippen LogP contribution in [-0.4, -0.2) is 80.7 Å². The Morgan fingerprint density at radius 1 is 1.08 bits per heavy atom. The number of hydrogen-bond acceptors (Lipinski definition) is 9. The molecule has 12 heteroatoms. The second-order valence-electron chi connectivity index (χ2n) is 9.58. The van der Waals surface area contributed by atoms with Crippen LogP contribution in [0.5, 0.6) is 0 Å². The Hall–Kier alpha value is -3.41. The van der Waals surface area contributed by atoms with Crippen molar-refractivity contribution in [2.75, 3.05) is 49.6 Å². The molecule has 2 aromatic heterocycles. The molecule has 36 heavy (non-hydrogen) atoms. The third kappa shape index (κ3) is 4.95. The molecule has 2 saturated heterocycles. The van der Waals surface area contributed by atoms with Gasteiger partial charge < -0.3 is 19.4 Å². The van der Waals surface area contributed by atoms with Crippen LogP contribution in [0.2, 0.25) is 0 Å². The van der Waals surface area contributed by atoms with Gasteiger partial charge in [0.2, 0.25) is 0 Å². The molecule has 2 aromatic rings. The molecule has 0 spiro atoms. The number of rotatable bonds is 5. The lowest BCUT2D eigenvalue weighted by Gasteiger charge is -2.36.